The molecule has 94 heavy (non-hydrogen) atoms. The van der Waals surface area contributed by atoms with Crippen LogP contribution in [0.15, 0.2) is 0 Å². The van der Waals surface area contributed by atoms with Crippen LogP contribution >= 0.6 is 15.6 Å². The molecule has 19 heteroatoms. The molecule has 17 nitrogen and oxygen atoms in total. The second kappa shape index (κ2) is 64.4. The fourth-order valence-corrected chi connectivity index (χ4v) is 12.9. The van der Waals surface area contributed by atoms with Gasteiger partial charge in [-0.25, -0.2) is 9.13 Å². The largest absolute Gasteiger partial charge is 0.472 e. The van der Waals surface area contributed by atoms with E-state index in [2.05, 4.69) is 55.4 Å². The number of unbranched alkanes of at least 4 members (excludes halogenated alkanes) is 37. The maximum atomic E-state index is 13.1. The van der Waals surface area contributed by atoms with E-state index in [-0.39, 0.29) is 25.7 Å². The van der Waals surface area contributed by atoms with Gasteiger partial charge in [-0.1, -0.05) is 325 Å². The lowest BCUT2D eigenvalue weighted by molar-refractivity contribution is -0.161. The highest BCUT2D eigenvalue weighted by Gasteiger charge is 2.30. The molecule has 0 amide bonds. The molecule has 0 rings (SSSR count). The van der Waals surface area contributed by atoms with E-state index >= 15 is 0 Å². The van der Waals surface area contributed by atoms with E-state index in [1.165, 1.54) is 167 Å². The van der Waals surface area contributed by atoms with Crippen LogP contribution in [0.2, 0.25) is 0 Å². The highest BCUT2D eigenvalue weighted by Crippen LogP contribution is 2.45. The Bertz CT molecular complexity index is 1850. The van der Waals surface area contributed by atoms with Gasteiger partial charge in [-0.05, 0) is 49.4 Å². The van der Waals surface area contributed by atoms with Gasteiger partial charge in [-0.3, -0.25) is 37.3 Å². The summed E-state index contributed by atoms with van der Waals surface area (Å²) in [5, 5.41) is 10.6. The van der Waals surface area contributed by atoms with Crippen molar-refractivity contribution in [2.45, 2.75) is 395 Å². The summed E-state index contributed by atoms with van der Waals surface area (Å²) in [5.41, 5.74) is 0. The number of esters is 4. The van der Waals surface area contributed by atoms with Crippen molar-refractivity contribution in [3.8, 4) is 0 Å². The predicted molar refractivity (Wildman–Crippen MR) is 381 cm³/mol. The molecule has 0 aromatic heterocycles. The Morgan fingerprint density at radius 1 is 0.298 bits per heavy atom. The van der Waals surface area contributed by atoms with Crippen LogP contribution in [0.25, 0.3) is 0 Å². The molecule has 6 atom stereocenters. The van der Waals surface area contributed by atoms with Gasteiger partial charge in [-0.15, -0.1) is 0 Å². The standard InChI is InChI=1S/C75H146O17P2/c1-9-68(8)54-46-38-33-34-40-48-56-73(78)86-62-71(92-74(79)57-49-41-30-24-19-17-15-13-11-10-12-14-16-18-22-27-35-43-51-65(2)3)64-90-94(83,84)88-60-69(76)59-87-93(81,82)89-63-70(61-85-72(77)55-47-39-32-26-29-37-45-53-67(6)7)91-75(80)58-50-42-31-25-21-20-23-28-36-44-52-66(4)5/h65-71,76H,9-64H2,1-8H3,(H,81,82)(H,83,84)/t68?,69-,70-,71-/m1/s1. The van der Waals surface area contributed by atoms with Crippen LogP contribution in [0, 0.1) is 23.7 Å². The molecule has 3 unspecified atom stereocenters. The number of aliphatic hydroxyl groups excluding tert-OH is 1. The number of hydrogen-bond donors (Lipinski definition) is 3. The van der Waals surface area contributed by atoms with Crippen molar-refractivity contribution in [1.29, 1.82) is 0 Å². The fourth-order valence-electron chi connectivity index (χ4n) is 11.3. The lowest BCUT2D eigenvalue weighted by Crippen LogP contribution is -2.30. The molecule has 0 aromatic carbocycles. The van der Waals surface area contributed by atoms with Gasteiger partial charge in [0.15, 0.2) is 12.2 Å². The van der Waals surface area contributed by atoms with Gasteiger partial charge in [0.25, 0.3) is 0 Å². The Kier molecular flexibility index (Phi) is 63.1. The Morgan fingerprint density at radius 3 is 0.755 bits per heavy atom. The zero-order valence-electron chi connectivity index (χ0n) is 61.6. The average Bonchev–Trinajstić information content (AvgIpc) is 1.18. The van der Waals surface area contributed by atoms with Crippen molar-refractivity contribution in [2.75, 3.05) is 39.6 Å². The van der Waals surface area contributed by atoms with E-state index in [4.69, 9.17) is 37.0 Å². The molecule has 0 bridgehead atoms. The number of carbonyl (C=O) groups excluding carboxylic acids is 4. The first-order valence-corrected chi connectivity index (χ1v) is 41.7. The van der Waals surface area contributed by atoms with Crippen LogP contribution in [0.1, 0.15) is 376 Å². The van der Waals surface area contributed by atoms with Gasteiger partial charge in [-0.2, -0.15) is 0 Å². The number of ether oxygens (including phenoxy) is 4. The molecular weight excluding hydrogens is 1230 g/mol. The monoisotopic (exact) mass is 1380 g/mol. The Labute approximate surface area is 575 Å². The molecule has 0 saturated heterocycles. The third kappa shape index (κ3) is 67.3. The van der Waals surface area contributed by atoms with Crippen LogP contribution in [0.3, 0.4) is 0 Å². The highest BCUT2D eigenvalue weighted by atomic mass is 31.2. The quantitative estimate of drug-likeness (QED) is 0.0222. The van der Waals surface area contributed by atoms with E-state index in [0.717, 1.165) is 120 Å². The lowest BCUT2D eigenvalue weighted by atomic mass is 10.00. The maximum absolute atomic E-state index is 13.1. The summed E-state index contributed by atoms with van der Waals surface area (Å²) < 4.78 is 68.4. The van der Waals surface area contributed by atoms with Gasteiger partial charge in [0.2, 0.25) is 0 Å². The SMILES string of the molecule is CCC(C)CCCCCCCCC(=O)OC[C@H](COP(=O)(O)OC[C@H](O)COP(=O)(O)OC[C@@H](COC(=O)CCCCCCCCCC(C)C)OC(=O)CCCCCCCCCCCCC(C)C)OC(=O)CCCCCCCCCCCCCCCCCCCCC(C)C. The number of aliphatic hydroxyl groups is 1. The number of phosphoric ester groups is 2. The fraction of sp³-hybridized carbons (Fsp3) is 0.947. The number of hydrogen-bond acceptors (Lipinski definition) is 15. The second-order valence-electron chi connectivity index (χ2n) is 28.7. The van der Waals surface area contributed by atoms with Crippen LogP contribution in [-0.2, 0) is 65.4 Å². The molecule has 3 N–H and O–H groups in total. The summed E-state index contributed by atoms with van der Waals surface area (Å²) in [4.78, 5) is 72.7. The van der Waals surface area contributed by atoms with Crippen LogP contribution in [-0.4, -0.2) is 96.7 Å². The summed E-state index contributed by atoms with van der Waals surface area (Å²) in [6, 6.07) is 0. The Hall–Kier alpha value is -1.94. The number of carbonyl (C=O) groups is 4. The van der Waals surface area contributed by atoms with Gasteiger partial charge in [0.1, 0.15) is 19.3 Å². The molecular formula is C75H146O17P2. The molecule has 0 aliphatic carbocycles. The summed E-state index contributed by atoms with van der Waals surface area (Å²) in [6.07, 6.45) is 48.8. The van der Waals surface area contributed by atoms with Gasteiger partial charge < -0.3 is 33.8 Å². The summed E-state index contributed by atoms with van der Waals surface area (Å²) in [6.45, 7) is 14.1. The van der Waals surface area contributed by atoms with Crippen molar-refractivity contribution >= 4 is 39.5 Å². The molecule has 0 fully saturated rings. The second-order valence-corrected chi connectivity index (χ2v) is 31.6. The van der Waals surface area contributed by atoms with Crippen LogP contribution in [0.4, 0.5) is 0 Å². The molecule has 0 aliphatic heterocycles. The molecule has 0 heterocycles. The Morgan fingerprint density at radius 2 is 0.511 bits per heavy atom. The van der Waals surface area contributed by atoms with E-state index < -0.39 is 97.5 Å². The summed E-state index contributed by atoms with van der Waals surface area (Å²) >= 11 is 0. The van der Waals surface area contributed by atoms with E-state index in [1.807, 2.05) is 0 Å². The van der Waals surface area contributed by atoms with Crippen molar-refractivity contribution in [3.63, 3.8) is 0 Å². The molecule has 0 aromatic rings. The number of phosphoric acid groups is 2. The molecule has 558 valence electrons. The van der Waals surface area contributed by atoms with Crippen LogP contribution in [0.5, 0.6) is 0 Å². The zero-order valence-corrected chi connectivity index (χ0v) is 63.4. The van der Waals surface area contributed by atoms with Crippen molar-refractivity contribution in [1.82, 2.24) is 0 Å². The van der Waals surface area contributed by atoms with Gasteiger partial charge >= 0.3 is 39.5 Å². The van der Waals surface area contributed by atoms with Crippen molar-refractivity contribution in [3.05, 3.63) is 0 Å². The zero-order chi connectivity index (χ0) is 69.6. The third-order valence-electron chi connectivity index (χ3n) is 17.7. The van der Waals surface area contributed by atoms with E-state index in [0.29, 0.717) is 31.6 Å². The molecule has 0 saturated carbocycles. The van der Waals surface area contributed by atoms with Crippen molar-refractivity contribution < 1.29 is 80.2 Å². The minimum atomic E-state index is -4.96. The normalized spacial score (nSPS) is 14.4. The minimum Gasteiger partial charge on any atom is -0.462 e. The van der Waals surface area contributed by atoms with Crippen molar-refractivity contribution in [2.24, 2.45) is 23.7 Å². The van der Waals surface area contributed by atoms with Gasteiger partial charge in [0.05, 0.1) is 26.4 Å². The molecule has 0 aliphatic rings. The Balaban J connectivity index is 5.18. The maximum Gasteiger partial charge on any atom is 0.472 e. The summed E-state index contributed by atoms with van der Waals surface area (Å²) in [7, 11) is -9.91. The average molecular weight is 1380 g/mol. The first-order chi connectivity index (χ1) is 45.1. The first-order valence-electron chi connectivity index (χ1n) is 38.7. The third-order valence-corrected chi connectivity index (χ3v) is 19.6. The highest BCUT2D eigenvalue weighted by molar-refractivity contribution is 7.47. The van der Waals surface area contributed by atoms with Gasteiger partial charge in [0, 0.05) is 25.7 Å². The number of rotatable bonds is 72. The van der Waals surface area contributed by atoms with Crippen LogP contribution < -0.4 is 0 Å². The topological polar surface area (TPSA) is 237 Å². The molecule has 0 radical (unpaired) electrons. The first kappa shape index (κ1) is 92.1. The lowest BCUT2D eigenvalue weighted by Gasteiger charge is -2.21. The van der Waals surface area contributed by atoms with E-state index in [1.54, 1.807) is 0 Å². The summed E-state index contributed by atoms with van der Waals surface area (Å²) in [5.74, 6) is 0.883. The predicted octanol–water partition coefficient (Wildman–Crippen LogP) is 21.7. The smallest absolute Gasteiger partial charge is 0.462 e. The minimum absolute atomic E-state index is 0.105. The van der Waals surface area contributed by atoms with E-state index in [9.17, 15) is 43.2 Å². The molecule has 0 spiro atoms.